The van der Waals surface area contributed by atoms with Crippen molar-refractivity contribution in [3.05, 3.63) is 0 Å². The zero-order valence-corrected chi connectivity index (χ0v) is 7.60. The highest BCUT2D eigenvalue weighted by atomic mass is 35.5. The van der Waals surface area contributed by atoms with E-state index in [4.69, 9.17) is 28.6 Å². The fourth-order valence-corrected chi connectivity index (χ4v) is 2.03. The Morgan fingerprint density at radius 3 is 1.88 bits per heavy atom. The van der Waals surface area contributed by atoms with Gasteiger partial charge in [0.2, 0.25) is 9.12 Å². The lowest BCUT2D eigenvalue weighted by molar-refractivity contribution is 0.639. The van der Waals surface area contributed by atoms with Gasteiger partial charge in [-0.05, 0) is 14.1 Å². The molecule has 0 aromatic heterocycles. The second kappa shape index (κ2) is 3.69. The van der Waals surface area contributed by atoms with Gasteiger partial charge in [-0.25, -0.2) is 0 Å². The summed E-state index contributed by atoms with van der Waals surface area (Å²) in [4.78, 5) is 0. The lowest BCUT2D eigenvalue weighted by Crippen LogP contribution is -2.47. The first-order chi connectivity index (χ1) is 3.55. The molecule has 0 heterocycles. The maximum absolute atomic E-state index is 5.56. The SMILES string of the molecule is CN(C)[SiH](N)C(Cl)Cl. The third kappa shape index (κ3) is 2.89. The zero-order valence-electron chi connectivity index (χ0n) is 4.94. The van der Waals surface area contributed by atoms with E-state index in [1.807, 2.05) is 18.7 Å². The van der Waals surface area contributed by atoms with Crippen molar-refractivity contribution in [2.75, 3.05) is 14.1 Å². The van der Waals surface area contributed by atoms with Crippen LogP contribution in [0.25, 0.3) is 0 Å². The molecule has 1 atom stereocenters. The smallest absolute Gasteiger partial charge is 0.218 e. The first-order valence-corrected chi connectivity index (χ1v) is 4.98. The van der Waals surface area contributed by atoms with Crippen LogP contribution in [-0.4, -0.2) is 32.2 Å². The molecule has 0 aromatic rings. The van der Waals surface area contributed by atoms with Crippen molar-refractivity contribution in [3.63, 3.8) is 0 Å². The van der Waals surface area contributed by atoms with E-state index in [0.29, 0.717) is 0 Å². The fourth-order valence-electron chi connectivity index (χ4n) is 0.225. The van der Waals surface area contributed by atoms with Crippen LogP contribution in [0.15, 0.2) is 0 Å². The lowest BCUT2D eigenvalue weighted by Gasteiger charge is -2.17. The summed E-state index contributed by atoms with van der Waals surface area (Å²) in [5, 5.41) is 5.56. The van der Waals surface area contributed by atoms with Crippen molar-refractivity contribution in [2.24, 2.45) is 5.40 Å². The predicted octanol–water partition coefficient (Wildman–Crippen LogP) is 0.0701. The van der Waals surface area contributed by atoms with Crippen LogP contribution in [0.5, 0.6) is 0 Å². The Hall–Kier alpha value is 0.717. The molecule has 0 aliphatic rings. The molecule has 0 aromatic carbocycles. The van der Waals surface area contributed by atoms with Crippen LogP contribution in [0.2, 0.25) is 0 Å². The third-order valence-electron chi connectivity index (χ3n) is 0.854. The third-order valence-corrected chi connectivity index (χ3v) is 4.11. The number of nitrogens with two attached hydrogens (primary N) is 1. The van der Waals surface area contributed by atoms with E-state index in [-0.39, 0.29) is 4.46 Å². The summed E-state index contributed by atoms with van der Waals surface area (Å²) in [5.41, 5.74) is 0. The van der Waals surface area contributed by atoms with Gasteiger partial charge in [0.1, 0.15) is 4.46 Å². The maximum Gasteiger partial charge on any atom is 0.218 e. The Morgan fingerprint density at radius 1 is 1.50 bits per heavy atom. The number of hydrogen-bond acceptors (Lipinski definition) is 2. The molecule has 8 heavy (non-hydrogen) atoms. The molecule has 2 nitrogen and oxygen atoms in total. The second-order valence-electron chi connectivity index (χ2n) is 1.79. The minimum absolute atomic E-state index is 0.370. The van der Waals surface area contributed by atoms with Gasteiger partial charge in [-0.2, -0.15) is 0 Å². The van der Waals surface area contributed by atoms with Crippen LogP contribution in [-0.2, 0) is 0 Å². The van der Waals surface area contributed by atoms with Gasteiger partial charge in [-0.15, -0.1) is 23.2 Å². The van der Waals surface area contributed by atoms with Crippen LogP contribution >= 0.6 is 23.2 Å². The van der Waals surface area contributed by atoms with E-state index in [2.05, 4.69) is 0 Å². The minimum atomic E-state index is -1.48. The predicted molar refractivity (Wildman–Crippen MR) is 40.5 cm³/mol. The van der Waals surface area contributed by atoms with Crippen molar-refractivity contribution < 1.29 is 0 Å². The number of hydrogen-bond donors (Lipinski definition) is 1. The van der Waals surface area contributed by atoms with Crippen LogP contribution in [0.4, 0.5) is 0 Å². The summed E-state index contributed by atoms with van der Waals surface area (Å²) in [6, 6.07) is 0. The minimum Gasteiger partial charge on any atom is -0.340 e. The number of nitrogens with zero attached hydrogens (tertiary/aromatic N) is 1. The summed E-state index contributed by atoms with van der Waals surface area (Å²) in [6.45, 7) is 0. The quantitative estimate of drug-likeness (QED) is 0.473. The van der Waals surface area contributed by atoms with Crippen molar-refractivity contribution >= 4 is 32.3 Å². The molecule has 0 bridgehead atoms. The Morgan fingerprint density at radius 2 is 1.88 bits per heavy atom. The topological polar surface area (TPSA) is 29.3 Å². The van der Waals surface area contributed by atoms with Gasteiger partial charge < -0.3 is 9.96 Å². The standard InChI is InChI=1S/C3H10Cl2N2Si/c1-7(2)8(6)3(4)5/h3,8H,6H2,1-2H3. The van der Waals surface area contributed by atoms with E-state index >= 15 is 0 Å². The lowest BCUT2D eigenvalue weighted by atomic mass is 11.3. The van der Waals surface area contributed by atoms with Crippen LogP contribution < -0.4 is 5.40 Å². The van der Waals surface area contributed by atoms with Gasteiger partial charge >= 0.3 is 0 Å². The summed E-state index contributed by atoms with van der Waals surface area (Å²) < 4.78 is 1.52. The highest BCUT2D eigenvalue weighted by molar-refractivity contribution is 6.76. The van der Waals surface area contributed by atoms with Crippen molar-refractivity contribution in [1.29, 1.82) is 0 Å². The molecule has 2 N–H and O–H groups in total. The first kappa shape index (κ1) is 8.72. The molecular formula is C3H10Cl2N2Si. The average Bonchev–Trinajstić information content (AvgIpc) is 1.64. The van der Waals surface area contributed by atoms with Gasteiger partial charge in [0, 0.05) is 0 Å². The summed E-state index contributed by atoms with van der Waals surface area (Å²) in [6.07, 6.45) is 0. The Balaban J connectivity index is 3.46. The van der Waals surface area contributed by atoms with Crippen LogP contribution in [0, 0.1) is 0 Å². The van der Waals surface area contributed by atoms with Crippen LogP contribution in [0.1, 0.15) is 0 Å². The molecular weight excluding hydrogens is 163 g/mol. The molecule has 0 saturated heterocycles. The normalized spacial score (nSPS) is 15.4. The molecule has 0 saturated carbocycles. The molecule has 0 radical (unpaired) electrons. The Kier molecular flexibility index (Phi) is 4.02. The Bertz CT molecular complexity index is 60.3. The fraction of sp³-hybridized carbons (Fsp3) is 1.00. The van der Waals surface area contributed by atoms with E-state index < -0.39 is 9.12 Å². The largest absolute Gasteiger partial charge is 0.340 e. The summed E-state index contributed by atoms with van der Waals surface area (Å²) >= 11 is 11.0. The van der Waals surface area contributed by atoms with Crippen molar-refractivity contribution in [3.8, 4) is 0 Å². The number of rotatable bonds is 2. The highest BCUT2D eigenvalue weighted by Crippen LogP contribution is 2.02. The highest BCUT2D eigenvalue weighted by Gasteiger charge is 2.15. The molecule has 0 aliphatic heterocycles. The molecule has 0 fully saturated rings. The molecule has 50 valence electrons. The molecule has 0 aliphatic carbocycles. The zero-order chi connectivity index (χ0) is 6.73. The van der Waals surface area contributed by atoms with Gasteiger partial charge in [-0.3, -0.25) is 0 Å². The summed E-state index contributed by atoms with van der Waals surface area (Å²) in [7, 11) is 2.28. The second-order valence-corrected chi connectivity index (χ2v) is 6.48. The van der Waals surface area contributed by atoms with Crippen molar-refractivity contribution in [2.45, 2.75) is 4.46 Å². The van der Waals surface area contributed by atoms with E-state index in [1.54, 1.807) is 0 Å². The molecule has 0 spiro atoms. The average molecular weight is 173 g/mol. The molecule has 0 amide bonds. The van der Waals surface area contributed by atoms with E-state index in [9.17, 15) is 0 Å². The maximum atomic E-state index is 5.56. The number of alkyl halides is 2. The van der Waals surface area contributed by atoms with E-state index in [0.717, 1.165) is 0 Å². The summed E-state index contributed by atoms with van der Waals surface area (Å²) in [5.74, 6) is 0. The Labute approximate surface area is 61.3 Å². The monoisotopic (exact) mass is 172 g/mol. The van der Waals surface area contributed by atoms with Crippen LogP contribution in [0.3, 0.4) is 0 Å². The number of halogens is 2. The van der Waals surface area contributed by atoms with Gasteiger partial charge in [0.05, 0.1) is 0 Å². The molecule has 1 unspecified atom stereocenters. The van der Waals surface area contributed by atoms with Crippen molar-refractivity contribution in [1.82, 2.24) is 4.57 Å². The molecule has 0 rings (SSSR count). The molecule has 5 heteroatoms. The van der Waals surface area contributed by atoms with E-state index in [1.165, 1.54) is 0 Å². The van der Waals surface area contributed by atoms with Gasteiger partial charge in [-0.1, -0.05) is 0 Å². The van der Waals surface area contributed by atoms with Gasteiger partial charge in [0.15, 0.2) is 0 Å². The van der Waals surface area contributed by atoms with Gasteiger partial charge in [0.25, 0.3) is 0 Å². The first-order valence-electron chi connectivity index (χ1n) is 2.26.